The highest BCUT2D eigenvalue weighted by atomic mass is 19.4. The van der Waals surface area contributed by atoms with E-state index < -0.39 is 17.6 Å². The van der Waals surface area contributed by atoms with E-state index in [2.05, 4.69) is 19.8 Å². The Bertz CT molecular complexity index is 834. The smallest absolute Gasteiger partial charge is 0.326 e. The molecule has 2 aromatic rings. The lowest BCUT2D eigenvalue weighted by atomic mass is 9.97. The number of nitrogens with one attached hydrogen (secondary N) is 1. The van der Waals surface area contributed by atoms with Gasteiger partial charge in [0.05, 0.1) is 17.5 Å². The largest absolute Gasteiger partial charge is 0.419 e. The summed E-state index contributed by atoms with van der Waals surface area (Å²) >= 11 is 0. The molecule has 158 valence electrons. The topological polar surface area (TPSA) is 33.1 Å². The van der Waals surface area contributed by atoms with E-state index in [-0.39, 0.29) is 5.92 Å². The normalized spacial score (nSPS) is 19.2. The van der Waals surface area contributed by atoms with Crippen molar-refractivity contribution in [1.29, 1.82) is 0 Å². The molecule has 3 heterocycles. The number of piperidine rings is 1. The van der Waals surface area contributed by atoms with Crippen LogP contribution in [0.3, 0.4) is 0 Å². The van der Waals surface area contributed by atoms with Crippen LogP contribution in [0, 0.1) is 5.82 Å². The summed E-state index contributed by atoms with van der Waals surface area (Å²) in [6, 6.07) is 3.23. The number of benzene rings is 1. The average Bonchev–Trinajstić information content (AvgIpc) is 3.36. The molecule has 4 nitrogen and oxygen atoms in total. The van der Waals surface area contributed by atoms with Crippen molar-refractivity contribution in [3.05, 3.63) is 41.6 Å². The number of rotatable bonds is 5. The van der Waals surface area contributed by atoms with E-state index in [4.69, 9.17) is 0 Å². The Hall–Kier alpha value is -1.93. The molecule has 2 aliphatic rings. The standard InChI is InChI=1S/C21H26F4N4/c22-18-4-3-16(13-17(18)21(23,24)25)19-14-27-20(15-5-7-26-8-6-15)29(19)12-11-28-9-1-2-10-28/h3-4,13-15,26H,1-2,5-12H2. The van der Waals surface area contributed by atoms with Crippen LogP contribution in [0.25, 0.3) is 11.3 Å². The number of hydrogen-bond donors (Lipinski definition) is 1. The summed E-state index contributed by atoms with van der Waals surface area (Å²) in [5.41, 5.74) is -0.248. The summed E-state index contributed by atoms with van der Waals surface area (Å²) in [6.07, 6.45) is 1.21. The zero-order valence-electron chi connectivity index (χ0n) is 16.3. The van der Waals surface area contributed by atoms with Crippen LogP contribution >= 0.6 is 0 Å². The van der Waals surface area contributed by atoms with Crippen LogP contribution < -0.4 is 5.32 Å². The first-order valence-electron chi connectivity index (χ1n) is 10.3. The molecule has 0 bridgehead atoms. The van der Waals surface area contributed by atoms with Crippen molar-refractivity contribution < 1.29 is 17.6 Å². The zero-order valence-corrected chi connectivity index (χ0v) is 16.3. The predicted octanol–water partition coefficient (Wildman–Crippen LogP) is 4.27. The lowest BCUT2D eigenvalue weighted by molar-refractivity contribution is -0.139. The maximum Gasteiger partial charge on any atom is 0.419 e. The van der Waals surface area contributed by atoms with Gasteiger partial charge in [0.2, 0.25) is 0 Å². The van der Waals surface area contributed by atoms with Crippen LogP contribution in [0.5, 0.6) is 0 Å². The Morgan fingerprint density at radius 3 is 2.48 bits per heavy atom. The highest BCUT2D eigenvalue weighted by Gasteiger charge is 2.34. The Morgan fingerprint density at radius 1 is 1.07 bits per heavy atom. The summed E-state index contributed by atoms with van der Waals surface area (Å²) in [7, 11) is 0. The molecule has 2 saturated heterocycles. The van der Waals surface area contributed by atoms with Gasteiger partial charge in [-0.25, -0.2) is 9.37 Å². The van der Waals surface area contributed by atoms with Gasteiger partial charge in [-0.1, -0.05) is 0 Å². The van der Waals surface area contributed by atoms with E-state index in [1.807, 2.05) is 0 Å². The van der Waals surface area contributed by atoms with E-state index in [9.17, 15) is 17.6 Å². The second-order valence-corrected chi connectivity index (χ2v) is 7.92. The first-order valence-corrected chi connectivity index (χ1v) is 10.3. The summed E-state index contributed by atoms with van der Waals surface area (Å²) in [5.74, 6) is -0.0346. The van der Waals surface area contributed by atoms with Gasteiger partial charge in [-0.3, -0.25) is 0 Å². The van der Waals surface area contributed by atoms with Crippen molar-refractivity contribution in [2.45, 2.75) is 44.3 Å². The van der Waals surface area contributed by atoms with Crippen molar-refractivity contribution in [3.8, 4) is 11.3 Å². The minimum absolute atomic E-state index is 0.283. The molecule has 2 fully saturated rings. The number of imidazole rings is 1. The van der Waals surface area contributed by atoms with Gasteiger partial charge in [-0.2, -0.15) is 13.2 Å². The number of halogens is 4. The van der Waals surface area contributed by atoms with Gasteiger partial charge in [-0.05, 0) is 70.1 Å². The Kier molecular flexibility index (Phi) is 5.92. The Morgan fingerprint density at radius 2 is 1.79 bits per heavy atom. The first kappa shape index (κ1) is 20.3. The molecule has 8 heteroatoms. The van der Waals surface area contributed by atoms with Crippen LogP contribution in [0.2, 0.25) is 0 Å². The molecule has 1 N–H and O–H groups in total. The SMILES string of the molecule is Fc1ccc(-c2cnc(C3CCNCC3)n2CCN2CCCC2)cc1C(F)(F)F. The third-order valence-electron chi connectivity index (χ3n) is 6.00. The van der Waals surface area contributed by atoms with Gasteiger partial charge in [0.1, 0.15) is 11.6 Å². The number of hydrogen-bond acceptors (Lipinski definition) is 3. The molecule has 0 spiro atoms. The van der Waals surface area contributed by atoms with Crippen molar-refractivity contribution in [2.75, 3.05) is 32.7 Å². The molecule has 0 amide bonds. The molecule has 2 aliphatic heterocycles. The first-order chi connectivity index (χ1) is 13.9. The highest BCUT2D eigenvalue weighted by Crippen LogP contribution is 2.35. The summed E-state index contributed by atoms with van der Waals surface area (Å²) < 4.78 is 55.5. The predicted molar refractivity (Wildman–Crippen MR) is 103 cm³/mol. The maximum absolute atomic E-state index is 13.8. The monoisotopic (exact) mass is 410 g/mol. The highest BCUT2D eigenvalue weighted by molar-refractivity contribution is 5.61. The van der Waals surface area contributed by atoms with Gasteiger partial charge in [0, 0.05) is 24.6 Å². The van der Waals surface area contributed by atoms with Crippen LogP contribution in [0.4, 0.5) is 17.6 Å². The summed E-state index contributed by atoms with van der Waals surface area (Å²) in [5, 5.41) is 3.34. The van der Waals surface area contributed by atoms with Crippen LogP contribution in [0.1, 0.15) is 43.0 Å². The fourth-order valence-electron chi connectivity index (χ4n) is 4.41. The van der Waals surface area contributed by atoms with Gasteiger partial charge >= 0.3 is 6.18 Å². The van der Waals surface area contributed by atoms with E-state index in [1.54, 1.807) is 6.20 Å². The summed E-state index contributed by atoms with van der Waals surface area (Å²) in [6.45, 7) is 5.45. The summed E-state index contributed by atoms with van der Waals surface area (Å²) in [4.78, 5) is 6.99. The van der Waals surface area contributed by atoms with Crippen molar-refractivity contribution in [2.24, 2.45) is 0 Å². The lowest BCUT2D eigenvalue weighted by Gasteiger charge is -2.25. The molecule has 0 saturated carbocycles. The average molecular weight is 410 g/mol. The fraction of sp³-hybridized carbons (Fsp3) is 0.571. The fourth-order valence-corrected chi connectivity index (χ4v) is 4.41. The third kappa shape index (κ3) is 4.48. The van der Waals surface area contributed by atoms with Gasteiger partial charge in [0.15, 0.2) is 0 Å². The quantitative estimate of drug-likeness (QED) is 0.748. The molecule has 0 atom stereocenters. The lowest BCUT2D eigenvalue weighted by Crippen LogP contribution is -2.29. The van der Waals surface area contributed by atoms with Crippen molar-refractivity contribution in [3.63, 3.8) is 0 Å². The number of aromatic nitrogens is 2. The number of nitrogens with zero attached hydrogens (tertiary/aromatic N) is 3. The van der Waals surface area contributed by atoms with Gasteiger partial charge < -0.3 is 14.8 Å². The van der Waals surface area contributed by atoms with Crippen LogP contribution in [-0.4, -0.2) is 47.2 Å². The molecular formula is C21H26F4N4. The van der Waals surface area contributed by atoms with E-state index >= 15 is 0 Å². The minimum atomic E-state index is -4.72. The second-order valence-electron chi connectivity index (χ2n) is 7.92. The molecule has 1 aromatic heterocycles. The molecule has 0 unspecified atom stereocenters. The zero-order chi connectivity index (χ0) is 20.4. The minimum Gasteiger partial charge on any atom is -0.326 e. The van der Waals surface area contributed by atoms with E-state index in [0.717, 1.165) is 63.5 Å². The van der Waals surface area contributed by atoms with Gasteiger partial charge in [0.25, 0.3) is 0 Å². The Balaban J connectivity index is 1.69. The molecule has 29 heavy (non-hydrogen) atoms. The second kappa shape index (κ2) is 8.44. The maximum atomic E-state index is 13.8. The third-order valence-corrected chi connectivity index (χ3v) is 6.00. The number of likely N-dealkylation sites (tertiary alicyclic amines) is 1. The molecule has 4 rings (SSSR count). The van der Waals surface area contributed by atoms with Crippen molar-refractivity contribution >= 4 is 0 Å². The molecule has 1 aromatic carbocycles. The molecular weight excluding hydrogens is 384 g/mol. The van der Waals surface area contributed by atoms with Crippen LogP contribution in [0.15, 0.2) is 24.4 Å². The van der Waals surface area contributed by atoms with E-state index in [1.165, 1.54) is 18.9 Å². The molecule has 0 radical (unpaired) electrons. The van der Waals surface area contributed by atoms with E-state index in [0.29, 0.717) is 17.8 Å². The molecule has 0 aliphatic carbocycles. The number of alkyl halides is 3. The van der Waals surface area contributed by atoms with Crippen molar-refractivity contribution in [1.82, 2.24) is 19.8 Å². The Labute approximate surface area is 167 Å². The van der Waals surface area contributed by atoms with Crippen LogP contribution in [-0.2, 0) is 12.7 Å². The van der Waals surface area contributed by atoms with Gasteiger partial charge in [-0.15, -0.1) is 0 Å².